The molecule has 3 nitrogen and oxygen atoms in total. The van der Waals surface area contributed by atoms with Gasteiger partial charge in [0.25, 0.3) is 0 Å². The van der Waals surface area contributed by atoms with Gasteiger partial charge in [-0.15, -0.1) is 11.8 Å². The van der Waals surface area contributed by atoms with Gasteiger partial charge in [-0.3, -0.25) is 4.79 Å². The summed E-state index contributed by atoms with van der Waals surface area (Å²) in [4.78, 5) is 14.7. The van der Waals surface area contributed by atoms with Crippen molar-refractivity contribution in [3.8, 4) is 0 Å². The molecule has 2 atom stereocenters. The van der Waals surface area contributed by atoms with Gasteiger partial charge >= 0.3 is 0 Å². The quantitative estimate of drug-likeness (QED) is 0.838. The minimum absolute atomic E-state index is 0.194. The molecule has 0 bridgehead atoms. The number of hydrogen-bond acceptors (Lipinski definition) is 2. The predicted octanol–water partition coefficient (Wildman–Crippen LogP) is 4.06. The van der Waals surface area contributed by atoms with E-state index in [0.29, 0.717) is 18.2 Å². The first-order valence-electron chi connectivity index (χ1n) is 7.80. The molecule has 1 saturated heterocycles. The highest BCUT2D eigenvalue weighted by Crippen LogP contribution is 2.39. The molecule has 4 heteroatoms. The number of carbonyl (C=O) groups is 1. The smallest absolute Gasteiger partial charge is 0.224 e. The van der Waals surface area contributed by atoms with Crippen molar-refractivity contribution in [2.24, 2.45) is 18.4 Å². The highest BCUT2D eigenvalue weighted by Gasteiger charge is 2.32. The first-order valence-corrected chi connectivity index (χ1v) is 8.85. The molecular formula is C17H28N2OS. The number of carbonyl (C=O) groups excluding carboxylic acids is 1. The molecule has 2 unspecified atom stereocenters. The van der Waals surface area contributed by atoms with E-state index in [9.17, 15) is 4.79 Å². The summed E-state index contributed by atoms with van der Waals surface area (Å²) in [6.07, 6.45) is 3.81. The van der Waals surface area contributed by atoms with Gasteiger partial charge in [0.15, 0.2) is 0 Å². The fourth-order valence-electron chi connectivity index (χ4n) is 3.23. The number of rotatable bonds is 4. The van der Waals surface area contributed by atoms with Crippen LogP contribution in [0.5, 0.6) is 0 Å². The summed E-state index contributed by atoms with van der Waals surface area (Å²) in [5.41, 5.74) is 1.52. The monoisotopic (exact) mass is 308 g/mol. The highest BCUT2D eigenvalue weighted by molar-refractivity contribution is 7.99. The van der Waals surface area contributed by atoms with Gasteiger partial charge in [-0.1, -0.05) is 27.7 Å². The van der Waals surface area contributed by atoms with E-state index >= 15 is 0 Å². The maximum absolute atomic E-state index is 12.7. The van der Waals surface area contributed by atoms with Gasteiger partial charge in [0.05, 0.1) is 5.69 Å². The first kappa shape index (κ1) is 16.5. The summed E-state index contributed by atoms with van der Waals surface area (Å²) in [7, 11) is 2.05. The Labute approximate surface area is 133 Å². The van der Waals surface area contributed by atoms with Crippen LogP contribution in [0.4, 0.5) is 0 Å². The fourth-order valence-corrected chi connectivity index (χ4v) is 4.58. The normalized spacial score (nSPS) is 20.8. The van der Waals surface area contributed by atoms with Crippen LogP contribution in [0, 0.1) is 11.3 Å². The zero-order valence-corrected chi connectivity index (χ0v) is 14.7. The third-order valence-corrected chi connectivity index (χ3v) is 5.16. The minimum atomic E-state index is 0.194. The largest absolute Gasteiger partial charge is 0.352 e. The number of amides is 1. The molecular weight excluding hydrogens is 280 g/mol. The van der Waals surface area contributed by atoms with Gasteiger partial charge in [-0.05, 0) is 29.9 Å². The van der Waals surface area contributed by atoms with Crippen molar-refractivity contribution >= 4 is 17.7 Å². The Morgan fingerprint density at radius 1 is 1.48 bits per heavy atom. The van der Waals surface area contributed by atoms with E-state index in [1.807, 2.05) is 11.8 Å². The zero-order chi connectivity index (χ0) is 15.6. The average molecular weight is 308 g/mol. The Hall–Kier alpha value is -0.900. The molecule has 1 aromatic rings. The van der Waals surface area contributed by atoms with Gasteiger partial charge in [-0.2, -0.15) is 0 Å². The third kappa shape index (κ3) is 4.29. The van der Waals surface area contributed by atoms with Crippen LogP contribution < -0.4 is 0 Å². The lowest BCUT2D eigenvalue weighted by molar-refractivity contribution is -0.132. The second kappa shape index (κ2) is 6.47. The van der Waals surface area contributed by atoms with Gasteiger partial charge < -0.3 is 9.47 Å². The Morgan fingerprint density at radius 3 is 2.76 bits per heavy atom. The Balaban J connectivity index is 2.00. The molecule has 21 heavy (non-hydrogen) atoms. The second-order valence-corrected chi connectivity index (χ2v) is 8.62. The van der Waals surface area contributed by atoms with Crippen LogP contribution in [-0.4, -0.2) is 27.7 Å². The number of nitrogens with zero attached hydrogens (tertiary/aromatic N) is 2. The van der Waals surface area contributed by atoms with Crippen molar-refractivity contribution in [2.45, 2.75) is 45.9 Å². The predicted molar refractivity (Wildman–Crippen MR) is 90.2 cm³/mol. The maximum atomic E-state index is 12.7. The fraction of sp³-hybridized carbons (Fsp3) is 0.706. The van der Waals surface area contributed by atoms with Crippen LogP contribution >= 0.6 is 11.8 Å². The summed E-state index contributed by atoms with van der Waals surface area (Å²) < 4.78 is 2.13. The van der Waals surface area contributed by atoms with E-state index in [2.05, 4.69) is 62.5 Å². The molecule has 2 heterocycles. The molecule has 2 rings (SSSR count). The molecule has 0 radical (unpaired) electrons. The number of hydrogen-bond donors (Lipinski definition) is 0. The number of thioether (sulfide) groups is 1. The number of aromatic nitrogens is 1. The van der Waals surface area contributed by atoms with Gasteiger partial charge in [-0.25, -0.2) is 0 Å². The van der Waals surface area contributed by atoms with Crippen LogP contribution in [0.25, 0.3) is 0 Å². The summed E-state index contributed by atoms with van der Waals surface area (Å²) in [6.45, 7) is 9.80. The van der Waals surface area contributed by atoms with Crippen LogP contribution in [0.3, 0.4) is 0 Å². The van der Waals surface area contributed by atoms with Crippen LogP contribution in [0.15, 0.2) is 18.3 Å². The lowest BCUT2D eigenvalue weighted by atomic mass is 9.84. The second-order valence-electron chi connectivity index (χ2n) is 7.43. The van der Waals surface area contributed by atoms with Crippen molar-refractivity contribution in [2.75, 3.05) is 12.3 Å². The van der Waals surface area contributed by atoms with Gasteiger partial charge in [0, 0.05) is 32.0 Å². The van der Waals surface area contributed by atoms with Crippen LogP contribution in [-0.2, 0) is 11.8 Å². The summed E-state index contributed by atoms with van der Waals surface area (Å²) in [5, 5.41) is 0.194. The molecule has 0 saturated carbocycles. The van der Waals surface area contributed by atoms with Crippen molar-refractivity contribution in [1.82, 2.24) is 9.47 Å². The molecule has 1 amide bonds. The molecule has 1 fully saturated rings. The van der Waals surface area contributed by atoms with E-state index in [4.69, 9.17) is 0 Å². The van der Waals surface area contributed by atoms with E-state index in [-0.39, 0.29) is 10.8 Å². The molecule has 118 valence electrons. The van der Waals surface area contributed by atoms with Gasteiger partial charge in [0.1, 0.15) is 5.37 Å². The van der Waals surface area contributed by atoms with Gasteiger partial charge in [0.2, 0.25) is 5.91 Å². The molecule has 0 N–H and O–H groups in total. The number of aryl methyl sites for hydroxylation is 1. The first-order chi connectivity index (χ1) is 9.78. The lowest BCUT2D eigenvalue weighted by Gasteiger charge is -2.28. The van der Waals surface area contributed by atoms with Crippen molar-refractivity contribution < 1.29 is 4.79 Å². The molecule has 1 aromatic heterocycles. The topological polar surface area (TPSA) is 25.2 Å². The van der Waals surface area contributed by atoms with Crippen molar-refractivity contribution in [1.29, 1.82) is 0 Å². The third-order valence-electron chi connectivity index (χ3n) is 3.93. The van der Waals surface area contributed by atoms with Crippen LogP contribution in [0.1, 0.15) is 51.6 Å². The Morgan fingerprint density at radius 2 is 2.19 bits per heavy atom. The van der Waals surface area contributed by atoms with E-state index in [1.165, 1.54) is 5.69 Å². The van der Waals surface area contributed by atoms with E-state index in [0.717, 1.165) is 18.7 Å². The van der Waals surface area contributed by atoms with Crippen molar-refractivity contribution in [3.05, 3.63) is 24.0 Å². The maximum Gasteiger partial charge on any atom is 0.224 e. The van der Waals surface area contributed by atoms with E-state index in [1.54, 1.807) is 0 Å². The summed E-state index contributed by atoms with van der Waals surface area (Å²) in [6, 6.07) is 4.18. The lowest BCUT2D eigenvalue weighted by Crippen LogP contribution is -2.32. The standard InChI is InChI=1S/C17H28N2OS/c1-13(12-17(2,3)4)11-15(20)19-9-10-21-16(19)14-7-6-8-18(14)5/h6-8,13,16H,9-12H2,1-5H3. The SMILES string of the molecule is CC(CC(=O)N1CCSC1c1cccn1C)CC(C)(C)C. The molecule has 0 aliphatic carbocycles. The van der Waals surface area contributed by atoms with E-state index < -0.39 is 0 Å². The van der Waals surface area contributed by atoms with Crippen LogP contribution in [0.2, 0.25) is 0 Å². The molecule has 0 aromatic carbocycles. The Kier molecular flexibility index (Phi) is 5.07. The van der Waals surface area contributed by atoms with Crippen molar-refractivity contribution in [3.63, 3.8) is 0 Å². The average Bonchev–Trinajstić information content (AvgIpc) is 2.93. The zero-order valence-electron chi connectivity index (χ0n) is 13.9. The highest BCUT2D eigenvalue weighted by atomic mass is 32.2. The Bertz CT molecular complexity index is 489. The summed E-state index contributed by atoms with van der Waals surface area (Å²) in [5.74, 6) is 1.79. The summed E-state index contributed by atoms with van der Waals surface area (Å²) >= 11 is 1.88. The molecule has 0 spiro atoms. The molecule has 1 aliphatic rings. The molecule has 1 aliphatic heterocycles. The minimum Gasteiger partial charge on any atom is -0.352 e.